The minimum Gasteiger partial charge on any atom is -0.481 e. The molecule has 0 saturated heterocycles. The van der Waals surface area contributed by atoms with E-state index >= 15 is 0 Å². The first-order valence-electron chi connectivity index (χ1n) is 8.56. The highest BCUT2D eigenvalue weighted by Gasteiger charge is 2.13. The summed E-state index contributed by atoms with van der Waals surface area (Å²) in [6, 6.07) is 10.0. The molecule has 0 atom stereocenters. The number of amides is 1. The number of nitrogens with zero attached hydrogens (tertiary/aromatic N) is 4. The number of hydrogen-bond donors (Lipinski definition) is 2. The van der Waals surface area contributed by atoms with Crippen molar-refractivity contribution in [3.8, 4) is 0 Å². The largest absolute Gasteiger partial charge is 0.481 e. The van der Waals surface area contributed by atoms with Gasteiger partial charge >= 0.3 is 5.97 Å². The smallest absolute Gasteiger partial charge is 0.305 e. The van der Waals surface area contributed by atoms with E-state index in [1.54, 1.807) is 0 Å². The molecular weight excluding hydrogens is 346 g/mol. The van der Waals surface area contributed by atoms with Gasteiger partial charge in [-0.2, -0.15) is 10.2 Å². The van der Waals surface area contributed by atoms with Gasteiger partial charge < -0.3 is 10.4 Å². The third-order valence-electron chi connectivity index (χ3n) is 4.09. The number of nitrogens with one attached hydrogen (secondary N) is 1. The van der Waals surface area contributed by atoms with E-state index < -0.39 is 5.97 Å². The first kappa shape index (κ1) is 18.4. The maximum atomic E-state index is 12.4. The van der Waals surface area contributed by atoms with Crippen LogP contribution in [0.1, 0.15) is 33.6 Å². The minimum absolute atomic E-state index is 0.0503. The van der Waals surface area contributed by atoms with Crippen LogP contribution in [-0.4, -0.2) is 36.5 Å². The van der Waals surface area contributed by atoms with Crippen LogP contribution in [0.2, 0.25) is 0 Å². The van der Waals surface area contributed by atoms with Gasteiger partial charge in [0.15, 0.2) is 5.82 Å². The minimum atomic E-state index is -0.911. The Morgan fingerprint density at radius 2 is 2.04 bits per heavy atom. The number of carbonyl (C=O) groups is 2. The van der Waals surface area contributed by atoms with Crippen LogP contribution in [0, 0.1) is 13.8 Å². The van der Waals surface area contributed by atoms with Gasteiger partial charge in [0.05, 0.1) is 31.3 Å². The maximum Gasteiger partial charge on any atom is 0.305 e. The van der Waals surface area contributed by atoms with Crippen LogP contribution in [0.25, 0.3) is 0 Å². The quantitative estimate of drug-likeness (QED) is 0.668. The second kappa shape index (κ2) is 7.86. The number of carboxylic acids is 1. The van der Waals surface area contributed by atoms with Crippen LogP contribution in [0.15, 0.2) is 42.7 Å². The van der Waals surface area contributed by atoms with Gasteiger partial charge in [-0.05, 0) is 19.4 Å². The van der Waals surface area contributed by atoms with Crippen molar-refractivity contribution in [2.75, 3.05) is 5.32 Å². The molecule has 27 heavy (non-hydrogen) atoms. The zero-order chi connectivity index (χ0) is 19.4. The van der Waals surface area contributed by atoms with E-state index in [0.29, 0.717) is 17.9 Å². The van der Waals surface area contributed by atoms with E-state index in [-0.39, 0.29) is 18.9 Å². The number of hydrogen-bond acceptors (Lipinski definition) is 4. The Bertz CT molecular complexity index is 973. The molecule has 0 fully saturated rings. The molecule has 2 N–H and O–H groups in total. The molecule has 140 valence electrons. The van der Waals surface area contributed by atoms with Crippen LogP contribution in [0.3, 0.4) is 0 Å². The molecule has 0 bridgehead atoms. The molecule has 2 heterocycles. The summed E-state index contributed by atoms with van der Waals surface area (Å²) in [5.41, 5.74) is 3.61. The van der Waals surface area contributed by atoms with E-state index in [9.17, 15) is 9.59 Å². The highest BCUT2D eigenvalue weighted by molar-refractivity contribution is 6.03. The van der Waals surface area contributed by atoms with E-state index in [1.165, 1.54) is 22.6 Å². The van der Waals surface area contributed by atoms with Gasteiger partial charge in [-0.25, -0.2) is 0 Å². The number of aryl methyl sites for hydroxylation is 3. The highest BCUT2D eigenvalue weighted by Crippen LogP contribution is 2.13. The summed E-state index contributed by atoms with van der Waals surface area (Å²) < 4.78 is 3.27. The molecule has 0 unspecified atom stereocenters. The fourth-order valence-corrected chi connectivity index (χ4v) is 2.72. The summed E-state index contributed by atoms with van der Waals surface area (Å²) in [5.74, 6) is -0.786. The van der Waals surface area contributed by atoms with E-state index in [4.69, 9.17) is 5.11 Å². The van der Waals surface area contributed by atoms with Crippen LogP contribution in [-0.2, 0) is 17.9 Å². The van der Waals surface area contributed by atoms with Crippen LogP contribution in [0.4, 0.5) is 5.82 Å². The normalized spacial score (nSPS) is 10.7. The Balaban J connectivity index is 1.65. The van der Waals surface area contributed by atoms with Gasteiger partial charge in [0, 0.05) is 18.0 Å². The summed E-state index contributed by atoms with van der Waals surface area (Å²) in [6.45, 7) is 4.81. The summed E-state index contributed by atoms with van der Waals surface area (Å²) in [5, 5.41) is 19.9. The topological polar surface area (TPSA) is 102 Å². The average molecular weight is 367 g/mol. The third-order valence-corrected chi connectivity index (χ3v) is 4.09. The van der Waals surface area contributed by atoms with Gasteiger partial charge in [0.1, 0.15) is 0 Å². The number of rotatable bonds is 7. The lowest BCUT2D eigenvalue weighted by Crippen LogP contribution is -2.12. The predicted molar refractivity (Wildman–Crippen MR) is 99.7 cm³/mol. The highest BCUT2D eigenvalue weighted by atomic mass is 16.4. The van der Waals surface area contributed by atoms with Crippen molar-refractivity contribution < 1.29 is 14.7 Å². The van der Waals surface area contributed by atoms with Gasteiger partial charge in [0.25, 0.3) is 5.91 Å². The standard InChI is InChI=1S/C19H21N5O3/c1-13-4-3-5-15(8-13)11-24-14(2)9-17(22-24)21-19(27)16-10-20-23(12-16)7-6-18(25)26/h3-5,8-10,12H,6-7,11H2,1-2H3,(H,25,26)(H,21,22,27). The summed E-state index contributed by atoms with van der Waals surface area (Å²) in [4.78, 5) is 23.0. The molecule has 0 radical (unpaired) electrons. The van der Waals surface area contributed by atoms with Crippen LogP contribution >= 0.6 is 0 Å². The third kappa shape index (κ3) is 4.81. The monoisotopic (exact) mass is 367 g/mol. The van der Waals surface area contributed by atoms with Gasteiger partial charge in [-0.1, -0.05) is 29.8 Å². The molecule has 3 rings (SSSR count). The lowest BCUT2D eigenvalue weighted by atomic mass is 10.1. The Hall–Kier alpha value is -3.42. The predicted octanol–water partition coefficient (Wildman–Crippen LogP) is 2.47. The summed E-state index contributed by atoms with van der Waals surface area (Å²) in [7, 11) is 0. The second-order valence-electron chi connectivity index (χ2n) is 6.41. The molecule has 0 aliphatic rings. The van der Waals surface area contributed by atoms with Crippen LogP contribution in [0.5, 0.6) is 0 Å². The Kier molecular flexibility index (Phi) is 5.35. The fraction of sp³-hybridized carbons (Fsp3) is 0.263. The van der Waals surface area contributed by atoms with E-state index in [0.717, 1.165) is 11.3 Å². The Morgan fingerprint density at radius 3 is 2.78 bits per heavy atom. The van der Waals surface area contributed by atoms with Crippen molar-refractivity contribution in [3.63, 3.8) is 0 Å². The molecular formula is C19H21N5O3. The molecule has 8 heteroatoms. The van der Waals surface area contributed by atoms with E-state index in [2.05, 4.69) is 21.6 Å². The average Bonchev–Trinajstić information content (AvgIpc) is 3.20. The molecule has 1 aromatic carbocycles. The molecule has 0 aliphatic heterocycles. The number of aliphatic carboxylic acids is 1. The molecule has 2 aromatic heterocycles. The number of carbonyl (C=O) groups excluding carboxylic acids is 1. The van der Waals surface area contributed by atoms with Gasteiger partial charge in [-0.15, -0.1) is 0 Å². The van der Waals surface area contributed by atoms with Gasteiger partial charge in [0.2, 0.25) is 0 Å². The molecule has 0 saturated carbocycles. The zero-order valence-corrected chi connectivity index (χ0v) is 15.2. The molecule has 1 amide bonds. The van der Waals surface area contributed by atoms with Crippen molar-refractivity contribution in [1.82, 2.24) is 19.6 Å². The van der Waals surface area contributed by atoms with Crippen molar-refractivity contribution in [2.24, 2.45) is 0 Å². The zero-order valence-electron chi connectivity index (χ0n) is 15.2. The molecule has 0 aliphatic carbocycles. The Morgan fingerprint density at radius 1 is 1.22 bits per heavy atom. The lowest BCUT2D eigenvalue weighted by Gasteiger charge is -2.05. The molecule has 3 aromatic rings. The summed E-state index contributed by atoms with van der Waals surface area (Å²) >= 11 is 0. The second-order valence-corrected chi connectivity index (χ2v) is 6.41. The Labute approximate surface area is 156 Å². The number of anilines is 1. The number of carboxylic acid groups (broad SMARTS) is 1. The number of benzene rings is 1. The number of aromatic nitrogens is 4. The van der Waals surface area contributed by atoms with Gasteiger partial charge in [-0.3, -0.25) is 19.0 Å². The molecule has 0 spiro atoms. The summed E-state index contributed by atoms with van der Waals surface area (Å²) in [6.07, 6.45) is 2.88. The fourth-order valence-electron chi connectivity index (χ4n) is 2.72. The first-order chi connectivity index (χ1) is 12.9. The van der Waals surface area contributed by atoms with Crippen molar-refractivity contribution in [2.45, 2.75) is 33.4 Å². The molecule has 8 nitrogen and oxygen atoms in total. The SMILES string of the molecule is Cc1cccc(Cn2nc(NC(=O)c3cnn(CCC(=O)O)c3)cc2C)c1. The van der Waals surface area contributed by atoms with Crippen molar-refractivity contribution in [3.05, 3.63) is 65.1 Å². The van der Waals surface area contributed by atoms with Crippen LogP contribution < -0.4 is 5.32 Å². The first-order valence-corrected chi connectivity index (χ1v) is 8.56. The van der Waals surface area contributed by atoms with Crippen molar-refractivity contribution >= 4 is 17.7 Å². The maximum absolute atomic E-state index is 12.4. The van der Waals surface area contributed by atoms with Crippen molar-refractivity contribution in [1.29, 1.82) is 0 Å². The van der Waals surface area contributed by atoms with E-state index in [1.807, 2.05) is 42.8 Å². The lowest BCUT2D eigenvalue weighted by molar-refractivity contribution is -0.137.